The molecular weight excluding hydrogens is 374 g/mol. The molecule has 0 atom stereocenters. The van der Waals surface area contributed by atoms with Crippen LogP contribution >= 0.6 is 0 Å². The van der Waals surface area contributed by atoms with Crippen LogP contribution in [-0.4, -0.2) is 5.91 Å². The fourth-order valence-corrected chi connectivity index (χ4v) is 3.71. The molecular formula is C26H17NO3. The van der Waals surface area contributed by atoms with Gasteiger partial charge in [-0.1, -0.05) is 66.7 Å². The minimum atomic E-state index is -0.369. The summed E-state index contributed by atoms with van der Waals surface area (Å²) in [5.41, 5.74) is 3.19. The van der Waals surface area contributed by atoms with Gasteiger partial charge in [-0.05, 0) is 46.8 Å². The maximum atomic E-state index is 13.1. The van der Waals surface area contributed by atoms with E-state index in [-0.39, 0.29) is 11.5 Å². The van der Waals surface area contributed by atoms with Gasteiger partial charge in [-0.2, -0.15) is 0 Å². The summed E-state index contributed by atoms with van der Waals surface area (Å²) in [7, 11) is 0. The van der Waals surface area contributed by atoms with Gasteiger partial charge in [0.2, 0.25) is 0 Å². The Morgan fingerprint density at radius 3 is 2.23 bits per heavy atom. The highest BCUT2D eigenvalue weighted by atomic mass is 16.4. The van der Waals surface area contributed by atoms with Crippen LogP contribution in [0.1, 0.15) is 10.4 Å². The summed E-state index contributed by atoms with van der Waals surface area (Å²) in [5, 5.41) is 5.07. The summed E-state index contributed by atoms with van der Waals surface area (Å²) in [5.74, 6) is -0.199. The molecule has 0 aliphatic carbocycles. The molecule has 0 bridgehead atoms. The first kappa shape index (κ1) is 17.9. The van der Waals surface area contributed by atoms with Crippen LogP contribution in [0.2, 0.25) is 0 Å². The molecule has 0 saturated heterocycles. The number of fused-ring (bicyclic) bond motifs is 3. The molecule has 5 rings (SSSR count). The predicted molar refractivity (Wildman–Crippen MR) is 120 cm³/mol. The maximum absolute atomic E-state index is 13.1. The Morgan fingerprint density at radius 2 is 1.40 bits per heavy atom. The lowest BCUT2D eigenvalue weighted by atomic mass is 9.99. The monoisotopic (exact) mass is 391 g/mol. The molecule has 0 aliphatic rings. The fourth-order valence-electron chi connectivity index (χ4n) is 3.71. The van der Waals surface area contributed by atoms with Crippen LogP contribution in [0.15, 0.2) is 106 Å². The first-order chi connectivity index (χ1) is 14.7. The molecule has 0 unspecified atom stereocenters. The Balaban J connectivity index is 1.56. The highest BCUT2D eigenvalue weighted by Gasteiger charge is 2.14. The van der Waals surface area contributed by atoms with Crippen LogP contribution in [0.4, 0.5) is 5.69 Å². The van der Waals surface area contributed by atoms with Crippen molar-refractivity contribution in [2.45, 2.75) is 0 Å². The topological polar surface area (TPSA) is 59.3 Å². The van der Waals surface area contributed by atoms with Gasteiger partial charge in [-0.15, -0.1) is 0 Å². The average Bonchev–Trinajstić information content (AvgIpc) is 2.80. The summed E-state index contributed by atoms with van der Waals surface area (Å²) < 4.78 is 5.43. The van der Waals surface area contributed by atoms with Crippen molar-refractivity contribution >= 4 is 33.3 Å². The molecule has 0 saturated carbocycles. The zero-order valence-corrected chi connectivity index (χ0v) is 16.0. The van der Waals surface area contributed by atoms with Crippen molar-refractivity contribution < 1.29 is 9.21 Å². The SMILES string of the molecule is O=C(Nc1ccc2oc(=O)c3ccccc3c2c1)c1ccccc1-c1ccccc1. The normalized spacial score (nSPS) is 10.9. The molecule has 1 heterocycles. The molecule has 0 aliphatic heterocycles. The van der Waals surface area contributed by atoms with Crippen molar-refractivity contribution in [1.29, 1.82) is 0 Å². The van der Waals surface area contributed by atoms with E-state index in [0.29, 0.717) is 22.2 Å². The standard InChI is InChI=1S/C26H17NO3/c28-25(21-12-6-4-10-19(21)17-8-2-1-3-9-17)27-18-14-15-24-23(16-18)20-11-5-7-13-22(20)26(29)30-24/h1-16H,(H,27,28). The van der Waals surface area contributed by atoms with E-state index in [2.05, 4.69) is 5.32 Å². The molecule has 0 fully saturated rings. The van der Waals surface area contributed by atoms with Crippen LogP contribution in [0.3, 0.4) is 0 Å². The highest BCUT2D eigenvalue weighted by Crippen LogP contribution is 2.27. The number of amides is 1. The van der Waals surface area contributed by atoms with Crippen LogP contribution < -0.4 is 10.9 Å². The highest BCUT2D eigenvalue weighted by molar-refractivity contribution is 6.11. The number of nitrogens with one attached hydrogen (secondary N) is 1. The van der Waals surface area contributed by atoms with E-state index >= 15 is 0 Å². The Bertz CT molecular complexity index is 1450. The first-order valence-electron chi connectivity index (χ1n) is 9.62. The molecule has 0 spiro atoms. The molecule has 1 amide bonds. The van der Waals surface area contributed by atoms with Crippen LogP contribution in [-0.2, 0) is 0 Å². The smallest absolute Gasteiger partial charge is 0.344 e. The number of hydrogen-bond donors (Lipinski definition) is 1. The van der Waals surface area contributed by atoms with Crippen molar-refractivity contribution in [2.75, 3.05) is 5.32 Å². The first-order valence-corrected chi connectivity index (χ1v) is 9.62. The van der Waals surface area contributed by atoms with E-state index in [0.717, 1.165) is 21.9 Å². The molecule has 4 aromatic carbocycles. The average molecular weight is 391 g/mol. The van der Waals surface area contributed by atoms with E-state index in [1.807, 2.05) is 72.8 Å². The van der Waals surface area contributed by atoms with Gasteiger partial charge in [0.25, 0.3) is 5.91 Å². The van der Waals surface area contributed by atoms with Crippen molar-refractivity contribution in [3.63, 3.8) is 0 Å². The Labute approximate surface area is 172 Å². The lowest BCUT2D eigenvalue weighted by Gasteiger charge is -2.11. The molecule has 144 valence electrons. The quantitative estimate of drug-likeness (QED) is 0.309. The zero-order chi connectivity index (χ0) is 20.5. The number of anilines is 1. The van der Waals surface area contributed by atoms with E-state index < -0.39 is 0 Å². The summed E-state index contributed by atoms with van der Waals surface area (Å²) in [4.78, 5) is 25.3. The van der Waals surface area contributed by atoms with Gasteiger partial charge in [-0.25, -0.2) is 4.79 Å². The minimum Gasteiger partial charge on any atom is -0.422 e. The molecule has 30 heavy (non-hydrogen) atoms. The van der Waals surface area contributed by atoms with Gasteiger partial charge in [-0.3, -0.25) is 4.79 Å². The van der Waals surface area contributed by atoms with Gasteiger partial charge < -0.3 is 9.73 Å². The van der Waals surface area contributed by atoms with Crippen molar-refractivity contribution in [3.8, 4) is 11.1 Å². The molecule has 5 aromatic rings. The van der Waals surface area contributed by atoms with Crippen LogP contribution in [0.5, 0.6) is 0 Å². The summed E-state index contributed by atoms with van der Waals surface area (Å²) in [6, 6.07) is 29.9. The fraction of sp³-hybridized carbons (Fsp3) is 0. The molecule has 4 nitrogen and oxygen atoms in total. The molecule has 1 N–H and O–H groups in total. The van der Waals surface area contributed by atoms with E-state index in [1.54, 1.807) is 24.3 Å². The van der Waals surface area contributed by atoms with E-state index in [1.165, 1.54) is 0 Å². The van der Waals surface area contributed by atoms with Gasteiger partial charge >= 0.3 is 5.63 Å². The summed E-state index contributed by atoms with van der Waals surface area (Å²) in [6.45, 7) is 0. The lowest BCUT2D eigenvalue weighted by Crippen LogP contribution is -2.13. The third-order valence-corrected chi connectivity index (χ3v) is 5.13. The van der Waals surface area contributed by atoms with Crippen molar-refractivity contribution in [3.05, 3.63) is 113 Å². The summed E-state index contributed by atoms with van der Waals surface area (Å²) >= 11 is 0. The maximum Gasteiger partial charge on any atom is 0.344 e. The second kappa shape index (κ2) is 7.33. The van der Waals surface area contributed by atoms with Crippen molar-refractivity contribution in [1.82, 2.24) is 0 Å². The minimum absolute atomic E-state index is 0.199. The van der Waals surface area contributed by atoms with Gasteiger partial charge in [0.15, 0.2) is 0 Å². The largest absolute Gasteiger partial charge is 0.422 e. The number of benzene rings is 4. The third-order valence-electron chi connectivity index (χ3n) is 5.13. The van der Waals surface area contributed by atoms with E-state index in [9.17, 15) is 9.59 Å². The Hall–Kier alpha value is -4.18. The Kier molecular flexibility index (Phi) is 4.37. The number of carbonyl (C=O) groups excluding carboxylic acids is 1. The summed E-state index contributed by atoms with van der Waals surface area (Å²) in [6.07, 6.45) is 0. The second-order valence-corrected chi connectivity index (χ2v) is 7.01. The van der Waals surface area contributed by atoms with Crippen LogP contribution in [0, 0.1) is 0 Å². The van der Waals surface area contributed by atoms with Gasteiger partial charge in [0, 0.05) is 16.6 Å². The molecule has 4 heteroatoms. The number of rotatable bonds is 3. The second-order valence-electron chi connectivity index (χ2n) is 7.01. The van der Waals surface area contributed by atoms with Crippen LogP contribution in [0.25, 0.3) is 32.9 Å². The Morgan fingerprint density at radius 1 is 0.700 bits per heavy atom. The third kappa shape index (κ3) is 3.14. The molecule has 1 aromatic heterocycles. The lowest BCUT2D eigenvalue weighted by molar-refractivity contribution is 0.102. The molecule has 0 radical (unpaired) electrons. The zero-order valence-electron chi connectivity index (χ0n) is 16.0. The van der Waals surface area contributed by atoms with E-state index in [4.69, 9.17) is 4.42 Å². The number of carbonyl (C=O) groups is 1. The van der Waals surface area contributed by atoms with Gasteiger partial charge in [0.1, 0.15) is 5.58 Å². The number of hydrogen-bond acceptors (Lipinski definition) is 3. The predicted octanol–water partition coefficient (Wildman–Crippen LogP) is 5.87. The van der Waals surface area contributed by atoms with Crippen molar-refractivity contribution in [2.24, 2.45) is 0 Å². The van der Waals surface area contributed by atoms with Gasteiger partial charge in [0.05, 0.1) is 5.39 Å².